The molecule has 0 heterocycles. The first-order valence-electron chi connectivity index (χ1n) is 5.45. The van der Waals surface area contributed by atoms with Crippen LogP contribution in [0.15, 0.2) is 61.6 Å². The van der Waals surface area contributed by atoms with Crippen LogP contribution in [0.3, 0.4) is 0 Å². The number of phenols is 1. The zero-order valence-electron chi connectivity index (χ0n) is 9.79. The van der Waals surface area contributed by atoms with Gasteiger partial charge in [0.25, 0.3) is 0 Å². The van der Waals surface area contributed by atoms with Crippen molar-refractivity contribution in [3.63, 3.8) is 0 Å². The minimum Gasteiger partial charge on any atom is -0.507 e. The molecule has 2 rings (SSSR count). The number of aromatic hydroxyl groups is 1. The van der Waals surface area contributed by atoms with Crippen LogP contribution < -0.4 is 0 Å². The molecule has 0 fully saturated rings. The van der Waals surface area contributed by atoms with Crippen LogP contribution >= 0.6 is 31.9 Å². The standard InChI is InChI=1S/C14H10Br2N2O/c15-12-3-1-10(2-4-12)8-17-18-9-11-7-13(16)5-6-14(11)19/h1-9,19H/b17-8-,18-9+. The highest BCUT2D eigenvalue weighted by Crippen LogP contribution is 2.20. The third-order valence-corrected chi connectivity index (χ3v) is 3.35. The highest BCUT2D eigenvalue weighted by atomic mass is 79.9. The average molecular weight is 382 g/mol. The van der Waals surface area contributed by atoms with Crippen molar-refractivity contribution >= 4 is 44.3 Å². The zero-order valence-corrected chi connectivity index (χ0v) is 13.0. The lowest BCUT2D eigenvalue weighted by Gasteiger charge is -1.97. The predicted molar refractivity (Wildman–Crippen MR) is 85.1 cm³/mol. The van der Waals surface area contributed by atoms with Crippen LogP contribution in [0.2, 0.25) is 0 Å². The molecule has 0 unspecified atom stereocenters. The normalized spacial score (nSPS) is 11.5. The van der Waals surface area contributed by atoms with Crippen LogP contribution in [0.4, 0.5) is 0 Å². The monoisotopic (exact) mass is 380 g/mol. The maximum atomic E-state index is 9.61. The van der Waals surface area contributed by atoms with Crippen molar-refractivity contribution in [3.05, 3.63) is 62.5 Å². The lowest BCUT2D eigenvalue weighted by molar-refractivity contribution is 0.474. The molecule has 0 saturated heterocycles. The maximum Gasteiger partial charge on any atom is 0.124 e. The number of halogens is 2. The largest absolute Gasteiger partial charge is 0.507 e. The summed E-state index contributed by atoms with van der Waals surface area (Å²) in [6.45, 7) is 0. The fraction of sp³-hybridized carbons (Fsp3) is 0. The third kappa shape index (κ3) is 4.29. The number of rotatable bonds is 3. The number of phenolic OH excluding ortho intramolecular Hbond substituents is 1. The summed E-state index contributed by atoms with van der Waals surface area (Å²) in [5.41, 5.74) is 1.57. The molecule has 1 N–H and O–H groups in total. The summed E-state index contributed by atoms with van der Waals surface area (Å²) in [5.74, 6) is 0.172. The van der Waals surface area contributed by atoms with Crippen LogP contribution in [-0.2, 0) is 0 Å². The van der Waals surface area contributed by atoms with Gasteiger partial charge in [0.1, 0.15) is 5.75 Å². The molecular formula is C14H10Br2N2O. The van der Waals surface area contributed by atoms with Crippen LogP contribution in [-0.4, -0.2) is 17.5 Å². The molecule has 0 radical (unpaired) electrons. The van der Waals surface area contributed by atoms with Gasteiger partial charge in [-0.1, -0.05) is 44.0 Å². The van der Waals surface area contributed by atoms with Gasteiger partial charge in [0.2, 0.25) is 0 Å². The maximum absolute atomic E-state index is 9.61. The van der Waals surface area contributed by atoms with Crippen molar-refractivity contribution in [1.29, 1.82) is 0 Å². The zero-order chi connectivity index (χ0) is 13.7. The summed E-state index contributed by atoms with van der Waals surface area (Å²) in [6, 6.07) is 12.9. The van der Waals surface area contributed by atoms with Gasteiger partial charge in [0.05, 0.1) is 12.4 Å². The molecule has 2 aromatic rings. The van der Waals surface area contributed by atoms with E-state index in [0.717, 1.165) is 14.5 Å². The lowest BCUT2D eigenvalue weighted by Crippen LogP contribution is -1.83. The molecule has 0 atom stereocenters. The quantitative estimate of drug-likeness (QED) is 0.622. The molecule has 0 spiro atoms. The number of hydrogen-bond donors (Lipinski definition) is 1. The summed E-state index contributed by atoms with van der Waals surface area (Å²) >= 11 is 6.70. The first-order valence-corrected chi connectivity index (χ1v) is 7.04. The second-order valence-electron chi connectivity index (χ2n) is 3.74. The molecule has 2 aromatic carbocycles. The Morgan fingerprint density at radius 1 is 0.842 bits per heavy atom. The Labute approximate surface area is 128 Å². The van der Waals surface area contributed by atoms with Crippen molar-refractivity contribution in [1.82, 2.24) is 0 Å². The topological polar surface area (TPSA) is 45.0 Å². The van der Waals surface area contributed by atoms with Crippen molar-refractivity contribution in [2.75, 3.05) is 0 Å². The second kappa shape index (κ2) is 6.63. The van der Waals surface area contributed by atoms with Gasteiger partial charge in [-0.3, -0.25) is 0 Å². The Morgan fingerprint density at radius 3 is 2.21 bits per heavy atom. The lowest BCUT2D eigenvalue weighted by atomic mass is 10.2. The smallest absolute Gasteiger partial charge is 0.124 e. The Morgan fingerprint density at radius 2 is 1.47 bits per heavy atom. The van der Waals surface area contributed by atoms with Gasteiger partial charge in [0.15, 0.2) is 0 Å². The summed E-state index contributed by atoms with van der Waals surface area (Å²) in [4.78, 5) is 0. The summed E-state index contributed by atoms with van der Waals surface area (Å²) in [7, 11) is 0. The van der Waals surface area contributed by atoms with Gasteiger partial charge < -0.3 is 5.11 Å². The first kappa shape index (κ1) is 14.0. The van der Waals surface area contributed by atoms with Gasteiger partial charge in [-0.2, -0.15) is 10.2 Å². The number of nitrogens with zero attached hydrogens (tertiary/aromatic N) is 2. The van der Waals surface area contributed by atoms with Gasteiger partial charge >= 0.3 is 0 Å². The van der Waals surface area contributed by atoms with Crippen molar-refractivity contribution < 1.29 is 5.11 Å². The van der Waals surface area contributed by atoms with Crippen LogP contribution in [0.5, 0.6) is 5.75 Å². The van der Waals surface area contributed by atoms with Crippen LogP contribution in [0, 0.1) is 0 Å². The highest BCUT2D eigenvalue weighted by molar-refractivity contribution is 9.10. The molecular weight excluding hydrogens is 372 g/mol. The summed E-state index contributed by atoms with van der Waals surface area (Å²) in [6.07, 6.45) is 3.16. The molecule has 0 saturated carbocycles. The van der Waals surface area contributed by atoms with Crippen molar-refractivity contribution in [2.45, 2.75) is 0 Å². The van der Waals surface area contributed by atoms with Gasteiger partial charge in [0, 0.05) is 14.5 Å². The van der Waals surface area contributed by atoms with E-state index < -0.39 is 0 Å². The Hall–Kier alpha value is -1.46. The Kier molecular flexibility index (Phi) is 4.87. The molecule has 0 aliphatic heterocycles. The van der Waals surface area contributed by atoms with E-state index in [-0.39, 0.29) is 5.75 Å². The highest BCUT2D eigenvalue weighted by Gasteiger charge is 1.97. The van der Waals surface area contributed by atoms with Crippen LogP contribution in [0.25, 0.3) is 0 Å². The molecule has 5 heteroatoms. The molecule has 0 aromatic heterocycles. The van der Waals surface area contributed by atoms with Crippen molar-refractivity contribution in [2.24, 2.45) is 10.2 Å². The average Bonchev–Trinajstić information content (AvgIpc) is 2.40. The summed E-state index contributed by atoms with van der Waals surface area (Å²) in [5, 5.41) is 17.5. The third-order valence-electron chi connectivity index (χ3n) is 2.33. The van der Waals surface area contributed by atoms with E-state index in [1.807, 2.05) is 24.3 Å². The second-order valence-corrected chi connectivity index (χ2v) is 5.58. The molecule has 0 aliphatic carbocycles. The van der Waals surface area contributed by atoms with Crippen molar-refractivity contribution in [3.8, 4) is 5.75 Å². The van der Waals surface area contributed by atoms with Gasteiger partial charge in [-0.15, -0.1) is 0 Å². The number of benzene rings is 2. The summed E-state index contributed by atoms with van der Waals surface area (Å²) < 4.78 is 1.90. The Balaban J connectivity index is 2.07. The van der Waals surface area contributed by atoms with Gasteiger partial charge in [-0.05, 0) is 35.9 Å². The number of hydrogen-bond acceptors (Lipinski definition) is 3. The molecule has 0 aliphatic rings. The van der Waals surface area contributed by atoms with E-state index in [1.165, 1.54) is 6.21 Å². The predicted octanol–water partition coefficient (Wildman–Crippen LogP) is 4.37. The van der Waals surface area contributed by atoms with E-state index in [4.69, 9.17) is 0 Å². The molecule has 19 heavy (non-hydrogen) atoms. The van der Waals surface area contributed by atoms with Gasteiger partial charge in [-0.25, -0.2) is 0 Å². The molecule has 0 amide bonds. The van der Waals surface area contributed by atoms with E-state index in [9.17, 15) is 5.11 Å². The minimum absolute atomic E-state index is 0.172. The molecule has 96 valence electrons. The fourth-order valence-electron chi connectivity index (χ4n) is 1.37. The molecule has 0 bridgehead atoms. The Bertz CT molecular complexity index is 622. The SMILES string of the molecule is Oc1ccc(Br)cc1/C=N/N=C\c1ccc(Br)cc1. The van der Waals surface area contributed by atoms with E-state index in [1.54, 1.807) is 24.4 Å². The minimum atomic E-state index is 0.172. The fourth-order valence-corrected chi connectivity index (χ4v) is 2.02. The first-order chi connectivity index (χ1) is 9.15. The van der Waals surface area contributed by atoms with E-state index >= 15 is 0 Å². The molecule has 3 nitrogen and oxygen atoms in total. The van der Waals surface area contributed by atoms with E-state index in [0.29, 0.717) is 5.56 Å². The van der Waals surface area contributed by atoms with E-state index in [2.05, 4.69) is 42.1 Å². The van der Waals surface area contributed by atoms with Crippen LogP contribution in [0.1, 0.15) is 11.1 Å².